The Labute approximate surface area is 68.8 Å². The summed E-state index contributed by atoms with van der Waals surface area (Å²) in [7, 11) is 0. The van der Waals surface area contributed by atoms with Crippen molar-refractivity contribution in [2.45, 2.75) is 19.8 Å². The molecular weight excluding hydrogens is 162 g/mol. The van der Waals surface area contributed by atoms with Crippen molar-refractivity contribution in [1.29, 1.82) is 0 Å². The van der Waals surface area contributed by atoms with E-state index < -0.39 is 0 Å². The summed E-state index contributed by atoms with van der Waals surface area (Å²) in [6.07, 6.45) is 0. The predicted molar refractivity (Wildman–Crippen MR) is 45.1 cm³/mol. The van der Waals surface area contributed by atoms with Gasteiger partial charge in [0.05, 0.1) is 9.80 Å². The summed E-state index contributed by atoms with van der Waals surface area (Å²) in [5, 5.41) is 12.2. The molecule has 0 N–H and O–H groups in total. The first kappa shape index (κ1) is 8.20. The van der Waals surface area contributed by atoms with E-state index in [1.54, 1.807) is 11.4 Å². The summed E-state index contributed by atoms with van der Waals surface area (Å²) < 4.78 is 0. The molecule has 0 atom stereocenters. The second-order valence-corrected chi connectivity index (χ2v) is 3.53. The van der Waals surface area contributed by atoms with Gasteiger partial charge in [-0.1, -0.05) is 13.8 Å². The molecule has 0 saturated heterocycles. The maximum Gasteiger partial charge on any atom is 0.283 e. The van der Waals surface area contributed by atoms with Crippen molar-refractivity contribution in [2.75, 3.05) is 0 Å². The first-order chi connectivity index (χ1) is 5.13. The van der Waals surface area contributed by atoms with E-state index in [1.807, 2.05) is 13.8 Å². The molecule has 0 aromatic carbocycles. The Balaban J connectivity index is 3.06. The van der Waals surface area contributed by atoms with Crippen LogP contribution in [0.4, 0.5) is 5.69 Å². The van der Waals surface area contributed by atoms with Gasteiger partial charge in [0.15, 0.2) is 0 Å². The Morgan fingerprint density at radius 3 is 2.64 bits per heavy atom. The molecule has 0 aliphatic rings. The van der Waals surface area contributed by atoms with Crippen LogP contribution in [0.25, 0.3) is 0 Å². The maximum atomic E-state index is 10.4. The second-order valence-electron chi connectivity index (χ2n) is 2.58. The van der Waals surface area contributed by atoms with Crippen LogP contribution in [-0.2, 0) is 0 Å². The monoisotopic (exact) mass is 171 g/mol. The van der Waals surface area contributed by atoms with Gasteiger partial charge < -0.3 is 0 Å². The smallest absolute Gasteiger partial charge is 0.258 e. The minimum absolute atomic E-state index is 0.246. The van der Waals surface area contributed by atoms with E-state index in [-0.39, 0.29) is 16.5 Å². The summed E-state index contributed by atoms with van der Waals surface area (Å²) >= 11 is 1.44. The first-order valence-corrected chi connectivity index (χ1v) is 4.22. The van der Waals surface area contributed by atoms with Crippen LogP contribution < -0.4 is 0 Å². The summed E-state index contributed by atoms with van der Waals surface area (Å²) in [6, 6.07) is 1.56. The molecule has 0 bridgehead atoms. The molecule has 0 amide bonds. The largest absolute Gasteiger partial charge is 0.283 e. The average molecular weight is 171 g/mol. The zero-order valence-corrected chi connectivity index (χ0v) is 7.22. The number of nitro groups is 1. The van der Waals surface area contributed by atoms with Crippen molar-refractivity contribution in [3.63, 3.8) is 0 Å². The summed E-state index contributed by atoms with van der Waals surface area (Å²) in [5.74, 6) is 0.246. The topological polar surface area (TPSA) is 43.1 Å². The molecule has 0 unspecified atom stereocenters. The molecule has 0 saturated carbocycles. The fraction of sp³-hybridized carbons (Fsp3) is 0.429. The number of hydrogen-bond acceptors (Lipinski definition) is 3. The predicted octanol–water partition coefficient (Wildman–Crippen LogP) is 2.78. The quantitative estimate of drug-likeness (QED) is 0.507. The third-order valence-electron chi connectivity index (χ3n) is 1.39. The van der Waals surface area contributed by atoms with Crippen LogP contribution in [-0.4, -0.2) is 4.92 Å². The molecular formula is C7H9NO2S. The lowest BCUT2D eigenvalue weighted by Gasteiger charge is -1.98. The van der Waals surface area contributed by atoms with Crippen molar-refractivity contribution in [3.05, 3.63) is 26.4 Å². The highest BCUT2D eigenvalue weighted by Gasteiger charge is 2.16. The van der Waals surface area contributed by atoms with Gasteiger partial charge in [-0.3, -0.25) is 10.1 Å². The molecule has 0 radical (unpaired) electrons. The number of thiophene rings is 1. The minimum Gasteiger partial charge on any atom is -0.258 e. The van der Waals surface area contributed by atoms with Crippen LogP contribution in [0.3, 0.4) is 0 Å². The van der Waals surface area contributed by atoms with Gasteiger partial charge >= 0.3 is 0 Å². The average Bonchev–Trinajstić information content (AvgIpc) is 2.32. The normalized spacial score (nSPS) is 10.5. The van der Waals surface area contributed by atoms with E-state index in [9.17, 15) is 10.1 Å². The van der Waals surface area contributed by atoms with Gasteiger partial charge in [-0.05, 0) is 11.3 Å². The fourth-order valence-corrected chi connectivity index (χ4v) is 1.78. The lowest BCUT2D eigenvalue weighted by molar-refractivity contribution is -0.385. The van der Waals surface area contributed by atoms with Crippen molar-refractivity contribution in [3.8, 4) is 0 Å². The van der Waals surface area contributed by atoms with Crippen LogP contribution in [0.2, 0.25) is 0 Å². The Morgan fingerprint density at radius 1 is 1.64 bits per heavy atom. The lowest BCUT2D eigenvalue weighted by Crippen LogP contribution is -1.91. The molecule has 4 heteroatoms. The summed E-state index contributed by atoms with van der Waals surface area (Å²) in [4.78, 5) is 10.9. The third-order valence-corrected chi connectivity index (χ3v) is 2.60. The number of hydrogen-bond donors (Lipinski definition) is 0. The molecule has 1 aromatic rings. The highest BCUT2D eigenvalue weighted by molar-refractivity contribution is 7.10. The Bertz CT molecular complexity index is 267. The molecule has 3 nitrogen and oxygen atoms in total. The van der Waals surface area contributed by atoms with Crippen LogP contribution >= 0.6 is 11.3 Å². The van der Waals surface area contributed by atoms with Crippen LogP contribution in [0.1, 0.15) is 24.6 Å². The van der Waals surface area contributed by atoms with Crippen molar-refractivity contribution in [1.82, 2.24) is 0 Å². The van der Waals surface area contributed by atoms with Gasteiger partial charge in [-0.25, -0.2) is 0 Å². The molecule has 1 rings (SSSR count). The lowest BCUT2D eigenvalue weighted by atomic mass is 10.1. The van der Waals surface area contributed by atoms with Gasteiger partial charge in [-0.2, -0.15) is 0 Å². The van der Waals surface area contributed by atoms with Crippen LogP contribution in [0, 0.1) is 10.1 Å². The number of rotatable bonds is 2. The fourth-order valence-electron chi connectivity index (χ4n) is 0.897. The SMILES string of the molecule is CC(C)c1sccc1[N+](=O)[O-]. The van der Waals surface area contributed by atoms with Crippen molar-refractivity contribution < 1.29 is 4.92 Å². The molecule has 1 heterocycles. The minimum atomic E-state index is -0.328. The van der Waals surface area contributed by atoms with E-state index in [2.05, 4.69) is 0 Å². The van der Waals surface area contributed by atoms with Crippen LogP contribution in [0.5, 0.6) is 0 Å². The van der Waals surface area contributed by atoms with Crippen molar-refractivity contribution >= 4 is 17.0 Å². The zero-order chi connectivity index (χ0) is 8.43. The van der Waals surface area contributed by atoms with Gasteiger partial charge in [-0.15, -0.1) is 11.3 Å². The Kier molecular flexibility index (Phi) is 2.24. The van der Waals surface area contributed by atoms with E-state index in [1.165, 1.54) is 11.3 Å². The molecule has 60 valence electrons. The van der Waals surface area contributed by atoms with Crippen molar-refractivity contribution in [2.24, 2.45) is 0 Å². The third kappa shape index (κ3) is 1.57. The van der Waals surface area contributed by atoms with E-state index in [4.69, 9.17) is 0 Å². The van der Waals surface area contributed by atoms with Crippen LogP contribution in [0.15, 0.2) is 11.4 Å². The van der Waals surface area contributed by atoms with E-state index in [0.717, 1.165) is 4.88 Å². The van der Waals surface area contributed by atoms with Gasteiger partial charge in [0.2, 0.25) is 0 Å². The summed E-state index contributed by atoms with van der Waals surface area (Å²) in [6.45, 7) is 3.91. The standard InChI is InChI=1S/C7H9NO2S/c1-5(2)7-6(8(9)10)3-4-11-7/h3-5H,1-2H3. The molecule has 0 aliphatic heterocycles. The van der Waals surface area contributed by atoms with E-state index in [0.29, 0.717) is 0 Å². The van der Waals surface area contributed by atoms with Gasteiger partial charge in [0.25, 0.3) is 5.69 Å². The molecule has 11 heavy (non-hydrogen) atoms. The second kappa shape index (κ2) is 3.00. The summed E-state index contributed by atoms with van der Waals surface area (Å²) in [5.41, 5.74) is 0.255. The maximum absolute atomic E-state index is 10.4. The van der Waals surface area contributed by atoms with Gasteiger partial charge in [0.1, 0.15) is 0 Å². The molecule has 0 aliphatic carbocycles. The highest BCUT2D eigenvalue weighted by atomic mass is 32.1. The number of nitrogens with zero attached hydrogens (tertiary/aromatic N) is 1. The first-order valence-electron chi connectivity index (χ1n) is 3.34. The Morgan fingerprint density at radius 2 is 2.27 bits per heavy atom. The highest BCUT2D eigenvalue weighted by Crippen LogP contribution is 2.30. The molecule has 0 spiro atoms. The van der Waals surface area contributed by atoms with E-state index >= 15 is 0 Å². The zero-order valence-electron chi connectivity index (χ0n) is 6.40. The Hall–Kier alpha value is -0.900. The van der Waals surface area contributed by atoms with Gasteiger partial charge in [0, 0.05) is 6.07 Å². The molecule has 1 aromatic heterocycles. The molecule has 0 fully saturated rings.